The highest BCUT2D eigenvalue weighted by atomic mass is 16.5. The van der Waals surface area contributed by atoms with E-state index in [4.69, 9.17) is 4.74 Å². The Labute approximate surface area is 150 Å². The van der Waals surface area contributed by atoms with Crippen LogP contribution in [-0.2, 0) is 4.74 Å². The maximum atomic E-state index is 13.0. The van der Waals surface area contributed by atoms with Crippen LogP contribution < -0.4 is 5.32 Å². The Balaban J connectivity index is 1.99. The number of benzene rings is 1. The second kappa shape index (κ2) is 6.93. The third-order valence-corrected chi connectivity index (χ3v) is 4.29. The quantitative estimate of drug-likeness (QED) is 0.564. The van der Waals surface area contributed by atoms with Gasteiger partial charge in [0, 0.05) is 25.4 Å². The van der Waals surface area contributed by atoms with Crippen molar-refractivity contribution in [3.63, 3.8) is 0 Å². The second-order valence-corrected chi connectivity index (χ2v) is 5.87. The van der Waals surface area contributed by atoms with Crippen LogP contribution in [-0.4, -0.2) is 40.5 Å². The summed E-state index contributed by atoms with van der Waals surface area (Å²) in [6.07, 6.45) is 3.45. The first-order chi connectivity index (χ1) is 12.8. The van der Waals surface area contributed by atoms with Gasteiger partial charge in [-0.05, 0) is 12.1 Å². The molecule has 0 bridgehead atoms. The summed E-state index contributed by atoms with van der Waals surface area (Å²) in [4.78, 5) is 21.9. The lowest BCUT2D eigenvalue weighted by molar-refractivity contribution is 0.0940. The number of carbonyl (C=O) groups excluding carboxylic acids is 1. The monoisotopic (exact) mass is 346 g/mol. The van der Waals surface area contributed by atoms with Gasteiger partial charge in [0.1, 0.15) is 12.0 Å². The fourth-order valence-electron chi connectivity index (χ4n) is 3.15. The topological polar surface area (TPSA) is 68.5 Å². The third kappa shape index (κ3) is 2.70. The molecule has 0 fully saturated rings. The van der Waals surface area contributed by atoms with E-state index in [9.17, 15) is 4.79 Å². The van der Waals surface area contributed by atoms with Gasteiger partial charge in [0.25, 0.3) is 5.91 Å². The van der Waals surface area contributed by atoms with Gasteiger partial charge in [0.05, 0.1) is 28.8 Å². The number of ether oxygens (including phenoxy) is 1. The predicted molar refractivity (Wildman–Crippen MR) is 100 cm³/mol. The van der Waals surface area contributed by atoms with Crippen LogP contribution in [0.15, 0.2) is 61.1 Å². The van der Waals surface area contributed by atoms with Gasteiger partial charge in [-0.15, -0.1) is 0 Å². The molecule has 3 heterocycles. The molecule has 0 spiro atoms. The number of nitrogens with zero attached hydrogens (tertiary/aromatic N) is 3. The van der Waals surface area contributed by atoms with E-state index in [2.05, 4.69) is 15.3 Å². The molecule has 1 amide bonds. The van der Waals surface area contributed by atoms with Crippen LogP contribution in [0, 0.1) is 0 Å². The minimum absolute atomic E-state index is 0.160. The molecule has 0 saturated carbocycles. The summed E-state index contributed by atoms with van der Waals surface area (Å²) in [7, 11) is 1.61. The zero-order valence-corrected chi connectivity index (χ0v) is 14.3. The summed E-state index contributed by atoms with van der Waals surface area (Å²) in [5, 5.41) is 3.67. The number of fused-ring (bicyclic) bond motifs is 3. The minimum atomic E-state index is -0.160. The molecular formula is C20H18N4O2. The summed E-state index contributed by atoms with van der Waals surface area (Å²) < 4.78 is 6.96. The molecule has 0 atom stereocenters. The molecule has 0 aliphatic carbocycles. The Bertz CT molecular complexity index is 1070. The lowest BCUT2D eigenvalue weighted by Gasteiger charge is -2.06. The Morgan fingerprint density at radius 3 is 2.73 bits per heavy atom. The molecule has 1 N–H and O–H groups in total. The van der Waals surface area contributed by atoms with Crippen LogP contribution in [0.25, 0.3) is 27.8 Å². The molecule has 0 aliphatic rings. The van der Waals surface area contributed by atoms with Gasteiger partial charge >= 0.3 is 0 Å². The predicted octanol–water partition coefficient (Wildman–Crippen LogP) is 2.93. The van der Waals surface area contributed by atoms with Crippen LogP contribution in [0.3, 0.4) is 0 Å². The van der Waals surface area contributed by atoms with E-state index in [1.807, 2.05) is 59.1 Å². The molecule has 0 radical (unpaired) electrons. The molecule has 3 aromatic heterocycles. The normalized spacial score (nSPS) is 11.1. The molecule has 6 nitrogen and oxygen atoms in total. The highest BCUT2D eigenvalue weighted by molar-refractivity contribution is 6.16. The van der Waals surface area contributed by atoms with E-state index in [0.29, 0.717) is 24.4 Å². The lowest BCUT2D eigenvalue weighted by atomic mass is 10.1. The minimum Gasteiger partial charge on any atom is -0.383 e. The first-order valence-electron chi connectivity index (χ1n) is 8.37. The van der Waals surface area contributed by atoms with E-state index in [-0.39, 0.29) is 5.91 Å². The molecule has 0 saturated heterocycles. The highest BCUT2D eigenvalue weighted by Gasteiger charge is 2.22. The molecule has 6 heteroatoms. The van der Waals surface area contributed by atoms with Gasteiger partial charge in [0.2, 0.25) is 0 Å². The summed E-state index contributed by atoms with van der Waals surface area (Å²) in [5.74, 6) is -0.160. The van der Waals surface area contributed by atoms with Crippen LogP contribution in [0.4, 0.5) is 0 Å². The smallest absolute Gasteiger partial charge is 0.254 e. The number of amides is 1. The fraction of sp³-hybridized carbons (Fsp3) is 0.150. The van der Waals surface area contributed by atoms with E-state index in [0.717, 1.165) is 22.2 Å². The Hall–Kier alpha value is -3.25. The Morgan fingerprint density at radius 1 is 1.12 bits per heavy atom. The Kier molecular flexibility index (Phi) is 4.33. The first kappa shape index (κ1) is 16.2. The highest BCUT2D eigenvalue weighted by Crippen LogP contribution is 2.32. The molecule has 4 rings (SSSR count). The fourth-order valence-corrected chi connectivity index (χ4v) is 3.15. The van der Waals surface area contributed by atoms with Crippen molar-refractivity contribution in [1.29, 1.82) is 0 Å². The lowest BCUT2D eigenvalue weighted by Crippen LogP contribution is -2.27. The van der Waals surface area contributed by atoms with Crippen LogP contribution >= 0.6 is 0 Å². The largest absolute Gasteiger partial charge is 0.383 e. The molecular weight excluding hydrogens is 328 g/mol. The molecule has 26 heavy (non-hydrogen) atoms. The average molecular weight is 346 g/mol. The average Bonchev–Trinajstić information content (AvgIpc) is 3.03. The van der Waals surface area contributed by atoms with Crippen molar-refractivity contribution in [2.24, 2.45) is 0 Å². The number of hydrogen-bond acceptors (Lipinski definition) is 4. The van der Waals surface area contributed by atoms with E-state index >= 15 is 0 Å². The molecule has 4 aromatic rings. The van der Waals surface area contributed by atoms with Crippen molar-refractivity contribution < 1.29 is 9.53 Å². The van der Waals surface area contributed by atoms with Gasteiger partial charge in [-0.3, -0.25) is 4.79 Å². The number of pyridine rings is 1. The van der Waals surface area contributed by atoms with Crippen molar-refractivity contribution in [1.82, 2.24) is 19.7 Å². The van der Waals surface area contributed by atoms with Crippen molar-refractivity contribution in [3.8, 4) is 11.3 Å². The molecule has 0 unspecified atom stereocenters. The maximum absolute atomic E-state index is 13.0. The molecule has 1 aromatic carbocycles. The van der Waals surface area contributed by atoms with E-state index < -0.39 is 0 Å². The Morgan fingerprint density at radius 2 is 1.92 bits per heavy atom. The summed E-state index contributed by atoms with van der Waals surface area (Å²) in [5.41, 5.74) is 3.79. The van der Waals surface area contributed by atoms with Crippen LogP contribution in [0.5, 0.6) is 0 Å². The third-order valence-electron chi connectivity index (χ3n) is 4.29. The molecule has 130 valence electrons. The zero-order chi connectivity index (χ0) is 17.9. The SMILES string of the molecule is COCCNC(=O)c1c2c(-c3ccccc3)ncnc2n2ccccc12. The summed E-state index contributed by atoms with van der Waals surface area (Å²) >= 11 is 0. The zero-order valence-electron chi connectivity index (χ0n) is 14.3. The van der Waals surface area contributed by atoms with Gasteiger partial charge in [-0.2, -0.15) is 0 Å². The number of aromatic nitrogens is 3. The van der Waals surface area contributed by atoms with E-state index in [1.54, 1.807) is 7.11 Å². The van der Waals surface area contributed by atoms with Crippen molar-refractivity contribution in [3.05, 3.63) is 66.6 Å². The van der Waals surface area contributed by atoms with Crippen LogP contribution in [0.1, 0.15) is 10.4 Å². The van der Waals surface area contributed by atoms with Crippen molar-refractivity contribution in [2.75, 3.05) is 20.3 Å². The van der Waals surface area contributed by atoms with Crippen molar-refractivity contribution >= 4 is 22.5 Å². The molecule has 0 aliphatic heterocycles. The van der Waals surface area contributed by atoms with Gasteiger partial charge < -0.3 is 14.5 Å². The number of methoxy groups -OCH3 is 1. The first-order valence-corrected chi connectivity index (χ1v) is 8.37. The standard InChI is InChI=1S/C20H18N4O2/c1-26-12-10-21-20(25)16-15-9-5-6-11-24(15)19-17(16)18(22-13-23-19)14-7-3-2-4-8-14/h2-9,11,13H,10,12H2,1H3,(H,21,25). The van der Waals surface area contributed by atoms with Gasteiger partial charge in [-0.1, -0.05) is 36.4 Å². The van der Waals surface area contributed by atoms with Crippen molar-refractivity contribution in [2.45, 2.75) is 0 Å². The summed E-state index contributed by atoms with van der Waals surface area (Å²) in [6, 6.07) is 15.6. The second-order valence-electron chi connectivity index (χ2n) is 5.87. The summed E-state index contributed by atoms with van der Waals surface area (Å²) in [6.45, 7) is 0.896. The van der Waals surface area contributed by atoms with E-state index in [1.165, 1.54) is 6.33 Å². The number of hydrogen-bond donors (Lipinski definition) is 1. The number of carbonyl (C=O) groups is 1. The number of rotatable bonds is 5. The van der Waals surface area contributed by atoms with Gasteiger partial charge in [-0.25, -0.2) is 9.97 Å². The number of nitrogens with one attached hydrogen (secondary N) is 1. The van der Waals surface area contributed by atoms with Gasteiger partial charge in [0.15, 0.2) is 0 Å². The maximum Gasteiger partial charge on any atom is 0.254 e. The van der Waals surface area contributed by atoms with Crippen LogP contribution in [0.2, 0.25) is 0 Å².